The molecule has 1 N–H and O–H groups in total. The predicted molar refractivity (Wildman–Crippen MR) is 85.1 cm³/mol. The van der Waals surface area contributed by atoms with Crippen LogP contribution in [0.4, 0.5) is 0 Å². The van der Waals surface area contributed by atoms with Gasteiger partial charge in [-0.05, 0) is 51.7 Å². The van der Waals surface area contributed by atoms with Crippen molar-refractivity contribution in [3.8, 4) is 5.75 Å². The zero-order valence-corrected chi connectivity index (χ0v) is 14.1. The summed E-state index contributed by atoms with van der Waals surface area (Å²) in [6.07, 6.45) is 1.03. The fraction of sp³-hybridized carbons (Fsp3) is 0.706. The van der Waals surface area contributed by atoms with E-state index in [1.54, 1.807) is 0 Å². The van der Waals surface area contributed by atoms with Crippen LogP contribution in [0.1, 0.15) is 59.4 Å². The van der Waals surface area contributed by atoms with E-state index in [0.717, 1.165) is 36.7 Å². The molecule has 1 aromatic heterocycles. The number of hydrogen-bond acceptors (Lipinski definition) is 3. The Hall–Kier alpha value is -1.09. The summed E-state index contributed by atoms with van der Waals surface area (Å²) in [5, 5.41) is 3.47. The highest BCUT2D eigenvalue weighted by atomic mass is 16.5. The molecule has 1 aromatic rings. The zero-order valence-electron chi connectivity index (χ0n) is 14.1. The third-order valence-corrected chi connectivity index (χ3v) is 2.97. The molecule has 0 aliphatic carbocycles. The van der Waals surface area contributed by atoms with Crippen molar-refractivity contribution in [2.75, 3.05) is 6.61 Å². The van der Waals surface area contributed by atoms with Gasteiger partial charge in [-0.1, -0.05) is 20.8 Å². The van der Waals surface area contributed by atoms with Gasteiger partial charge in [0.1, 0.15) is 5.75 Å². The number of ether oxygens (including phenoxy) is 1. The summed E-state index contributed by atoms with van der Waals surface area (Å²) in [5.74, 6) is 0.900. The van der Waals surface area contributed by atoms with Gasteiger partial charge in [0.2, 0.25) is 0 Å². The summed E-state index contributed by atoms with van der Waals surface area (Å²) in [6.45, 7) is 16.6. The van der Waals surface area contributed by atoms with Gasteiger partial charge in [-0.25, -0.2) is 0 Å². The van der Waals surface area contributed by atoms with Crippen molar-refractivity contribution >= 4 is 0 Å². The van der Waals surface area contributed by atoms with Crippen molar-refractivity contribution in [1.82, 2.24) is 10.3 Å². The zero-order chi connectivity index (χ0) is 15.4. The molecule has 0 saturated heterocycles. The first-order valence-electron chi connectivity index (χ1n) is 7.41. The van der Waals surface area contributed by atoms with E-state index in [4.69, 9.17) is 4.74 Å². The van der Waals surface area contributed by atoms with Gasteiger partial charge in [-0.15, -0.1) is 0 Å². The van der Waals surface area contributed by atoms with Crippen molar-refractivity contribution < 1.29 is 4.74 Å². The Morgan fingerprint density at radius 3 is 2.30 bits per heavy atom. The molecule has 0 spiro atoms. The van der Waals surface area contributed by atoms with E-state index in [9.17, 15) is 0 Å². The lowest BCUT2D eigenvalue weighted by Crippen LogP contribution is -2.35. The van der Waals surface area contributed by atoms with Crippen LogP contribution in [0.3, 0.4) is 0 Å². The Bertz CT molecular complexity index is 428. The fourth-order valence-electron chi connectivity index (χ4n) is 1.67. The molecule has 0 fully saturated rings. The molecule has 114 valence electrons. The Labute approximate surface area is 124 Å². The molecule has 0 unspecified atom stereocenters. The van der Waals surface area contributed by atoms with E-state index >= 15 is 0 Å². The van der Waals surface area contributed by atoms with Gasteiger partial charge in [0.05, 0.1) is 12.3 Å². The summed E-state index contributed by atoms with van der Waals surface area (Å²) in [5.41, 5.74) is 2.39. The van der Waals surface area contributed by atoms with E-state index in [-0.39, 0.29) is 5.54 Å². The average molecular weight is 278 g/mol. The molecule has 1 rings (SSSR count). The van der Waals surface area contributed by atoms with E-state index in [1.807, 2.05) is 19.1 Å². The molecule has 0 radical (unpaired) electrons. The van der Waals surface area contributed by atoms with E-state index in [0.29, 0.717) is 5.41 Å². The second-order valence-corrected chi connectivity index (χ2v) is 7.66. The molecule has 3 nitrogen and oxygen atoms in total. The third kappa shape index (κ3) is 6.90. The van der Waals surface area contributed by atoms with Gasteiger partial charge < -0.3 is 10.1 Å². The number of hydrogen-bond donors (Lipinski definition) is 1. The first-order chi connectivity index (χ1) is 9.07. The highest BCUT2D eigenvalue weighted by Gasteiger charge is 2.14. The molecule has 0 aromatic carbocycles. The maximum absolute atomic E-state index is 5.93. The topological polar surface area (TPSA) is 34.1 Å². The highest BCUT2D eigenvalue weighted by molar-refractivity contribution is 5.29. The number of rotatable bonds is 5. The van der Waals surface area contributed by atoms with Crippen LogP contribution >= 0.6 is 0 Å². The smallest absolute Gasteiger partial charge is 0.142 e. The maximum Gasteiger partial charge on any atom is 0.142 e. The number of aryl methyl sites for hydroxylation is 1. The standard InChI is InChI=1S/C17H30N2O/c1-13-8-9-15(20-11-10-16(2,3)4)14(19-13)12-18-17(5,6)7/h8-9,18H,10-12H2,1-7H3. The van der Waals surface area contributed by atoms with Crippen LogP contribution in [0, 0.1) is 12.3 Å². The van der Waals surface area contributed by atoms with E-state index in [1.165, 1.54) is 0 Å². The molecular formula is C17H30N2O. The first kappa shape index (κ1) is 17.0. The van der Waals surface area contributed by atoms with Crippen molar-refractivity contribution in [3.63, 3.8) is 0 Å². The molecule has 20 heavy (non-hydrogen) atoms. The van der Waals surface area contributed by atoms with Gasteiger partial charge in [0, 0.05) is 17.8 Å². The fourth-order valence-corrected chi connectivity index (χ4v) is 1.67. The van der Waals surface area contributed by atoms with Crippen molar-refractivity contribution in [2.45, 2.75) is 67.0 Å². The normalized spacial score (nSPS) is 12.6. The van der Waals surface area contributed by atoms with Crippen LogP contribution in [0.5, 0.6) is 5.75 Å². The lowest BCUT2D eigenvalue weighted by Gasteiger charge is -2.22. The van der Waals surface area contributed by atoms with Gasteiger partial charge >= 0.3 is 0 Å². The third-order valence-electron chi connectivity index (χ3n) is 2.97. The maximum atomic E-state index is 5.93. The van der Waals surface area contributed by atoms with Crippen molar-refractivity contribution in [3.05, 3.63) is 23.5 Å². The molecular weight excluding hydrogens is 248 g/mol. The van der Waals surface area contributed by atoms with E-state index in [2.05, 4.69) is 51.8 Å². The minimum Gasteiger partial charge on any atom is -0.492 e. The Kier molecular flexibility index (Phi) is 5.58. The number of nitrogens with one attached hydrogen (secondary N) is 1. The van der Waals surface area contributed by atoms with E-state index < -0.39 is 0 Å². The van der Waals surface area contributed by atoms with Crippen molar-refractivity contribution in [2.24, 2.45) is 5.41 Å². The average Bonchev–Trinajstić information content (AvgIpc) is 2.26. The van der Waals surface area contributed by atoms with Crippen LogP contribution in [0.15, 0.2) is 12.1 Å². The highest BCUT2D eigenvalue weighted by Crippen LogP contribution is 2.22. The lowest BCUT2D eigenvalue weighted by atomic mass is 9.93. The SMILES string of the molecule is Cc1ccc(OCCC(C)(C)C)c(CNC(C)(C)C)n1. The predicted octanol–water partition coefficient (Wildman–Crippen LogP) is 4.09. The minimum absolute atomic E-state index is 0.0775. The molecule has 0 saturated carbocycles. The quantitative estimate of drug-likeness (QED) is 0.880. The second kappa shape index (κ2) is 6.57. The molecule has 0 bridgehead atoms. The molecule has 0 amide bonds. The molecule has 0 atom stereocenters. The van der Waals surface area contributed by atoms with Crippen LogP contribution in [-0.4, -0.2) is 17.1 Å². The summed E-state index contributed by atoms with van der Waals surface area (Å²) in [7, 11) is 0. The Balaban J connectivity index is 2.70. The van der Waals surface area contributed by atoms with Crippen LogP contribution in [0.25, 0.3) is 0 Å². The minimum atomic E-state index is 0.0775. The number of pyridine rings is 1. The summed E-state index contributed by atoms with van der Waals surface area (Å²) in [4.78, 5) is 4.60. The van der Waals surface area contributed by atoms with Gasteiger partial charge in [0.25, 0.3) is 0 Å². The molecule has 1 heterocycles. The molecule has 0 aliphatic heterocycles. The monoisotopic (exact) mass is 278 g/mol. The first-order valence-corrected chi connectivity index (χ1v) is 7.41. The van der Waals surface area contributed by atoms with Crippen LogP contribution < -0.4 is 10.1 Å². The summed E-state index contributed by atoms with van der Waals surface area (Å²) >= 11 is 0. The van der Waals surface area contributed by atoms with Gasteiger partial charge in [-0.2, -0.15) is 0 Å². The summed E-state index contributed by atoms with van der Waals surface area (Å²) in [6, 6.07) is 4.04. The Morgan fingerprint density at radius 1 is 1.10 bits per heavy atom. The van der Waals surface area contributed by atoms with Gasteiger partial charge in [0.15, 0.2) is 0 Å². The Morgan fingerprint density at radius 2 is 1.75 bits per heavy atom. The van der Waals surface area contributed by atoms with Crippen molar-refractivity contribution in [1.29, 1.82) is 0 Å². The molecule has 0 aliphatic rings. The van der Waals surface area contributed by atoms with Crippen LogP contribution in [0.2, 0.25) is 0 Å². The second-order valence-electron chi connectivity index (χ2n) is 7.66. The van der Waals surface area contributed by atoms with Crippen LogP contribution in [-0.2, 0) is 6.54 Å². The summed E-state index contributed by atoms with van der Waals surface area (Å²) < 4.78 is 5.93. The lowest BCUT2D eigenvalue weighted by molar-refractivity contribution is 0.239. The van der Waals surface area contributed by atoms with Gasteiger partial charge in [-0.3, -0.25) is 4.98 Å². The number of aromatic nitrogens is 1. The number of nitrogens with zero attached hydrogens (tertiary/aromatic N) is 1. The molecule has 3 heteroatoms. The largest absolute Gasteiger partial charge is 0.492 e.